The summed E-state index contributed by atoms with van der Waals surface area (Å²) < 4.78 is 1.75. The zero-order chi connectivity index (χ0) is 19.8. The van der Waals surface area contributed by atoms with Gasteiger partial charge in [0.1, 0.15) is 0 Å². The molecule has 0 fully saturated rings. The molecule has 2 aromatic carbocycles. The molecule has 0 aliphatic heterocycles. The number of Topliss-reactive ketones (excluding diaryl/α,β-unsaturated/α-hetero) is 1. The fourth-order valence-corrected chi connectivity index (χ4v) is 2.83. The van der Waals surface area contributed by atoms with Crippen LogP contribution in [0.25, 0.3) is 11.1 Å². The second kappa shape index (κ2) is 11.2. The first-order chi connectivity index (χ1) is 13.7. The first kappa shape index (κ1) is 22.5. The second-order valence-corrected chi connectivity index (χ2v) is 6.46. The van der Waals surface area contributed by atoms with Crippen LogP contribution in [0.3, 0.4) is 0 Å². The molecule has 0 bridgehead atoms. The fourth-order valence-electron chi connectivity index (χ4n) is 2.83. The number of nitrogens with zero attached hydrogens (tertiary/aromatic N) is 1. The third kappa shape index (κ3) is 6.34. The minimum atomic E-state index is -0.191. The van der Waals surface area contributed by atoms with Crippen molar-refractivity contribution in [3.05, 3.63) is 90.3 Å². The van der Waals surface area contributed by atoms with Crippen LogP contribution in [0.2, 0.25) is 0 Å². The molecule has 3 rings (SSSR count). The number of pyridine rings is 1. The Labute approximate surface area is 180 Å². The zero-order valence-electron chi connectivity index (χ0n) is 16.0. The molecule has 29 heavy (non-hydrogen) atoms. The molecule has 6 heteroatoms. The molecule has 1 amide bonds. The summed E-state index contributed by atoms with van der Waals surface area (Å²) in [5.74, 6) is -0.187. The van der Waals surface area contributed by atoms with Gasteiger partial charge >= 0.3 is 0 Å². The molecule has 1 aromatic heterocycles. The van der Waals surface area contributed by atoms with Crippen molar-refractivity contribution in [3.63, 3.8) is 0 Å². The number of halogens is 1. The van der Waals surface area contributed by atoms with Gasteiger partial charge in [0.25, 0.3) is 5.91 Å². The maximum absolute atomic E-state index is 12.5. The molecule has 3 aromatic rings. The topological polar surface area (TPSA) is 70.3 Å². The second-order valence-electron chi connectivity index (χ2n) is 6.46. The number of carbonyl (C=O) groups is 2. The monoisotopic (exact) mass is 455 g/mol. The predicted molar refractivity (Wildman–Crippen MR) is 117 cm³/mol. The number of carbonyl (C=O) groups excluding carboxylic acids is 2. The van der Waals surface area contributed by atoms with E-state index in [0.717, 1.165) is 11.1 Å². The molecule has 0 aliphatic carbocycles. The van der Waals surface area contributed by atoms with E-state index in [4.69, 9.17) is 5.11 Å². The van der Waals surface area contributed by atoms with E-state index in [1.807, 2.05) is 54.6 Å². The molecule has 0 atom stereocenters. The molecule has 0 spiro atoms. The van der Waals surface area contributed by atoms with Crippen LogP contribution in [0.15, 0.2) is 79.1 Å². The molecule has 5 nitrogen and oxygen atoms in total. The third-order valence-electron chi connectivity index (χ3n) is 4.41. The van der Waals surface area contributed by atoms with E-state index in [9.17, 15) is 9.59 Å². The lowest BCUT2D eigenvalue weighted by Gasteiger charge is -2.04. The van der Waals surface area contributed by atoms with E-state index >= 15 is 0 Å². The number of aliphatic hydroxyl groups is 1. The Balaban J connectivity index is 0.00000300. The Morgan fingerprint density at radius 2 is 1.45 bits per heavy atom. The van der Waals surface area contributed by atoms with Gasteiger partial charge in [-0.15, -0.1) is 17.0 Å². The van der Waals surface area contributed by atoms with Gasteiger partial charge in [-0.25, -0.2) is 0 Å². The molecule has 0 saturated carbocycles. The van der Waals surface area contributed by atoms with Crippen LogP contribution in [0.1, 0.15) is 27.1 Å². The number of aromatic nitrogens is 1. The van der Waals surface area contributed by atoms with E-state index in [1.165, 1.54) is 0 Å². The molecule has 2 N–H and O–H groups in total. The smallest absolute Gasteiger partial charge is 0.251 e. The number of hydrogen-bond acceptors (Lipinski definition) is 3. The normalized spacial score (nSPS) is 10.1. The zero-order valence-corrected chi connectivity index (χ0v) is 17.7. The number of nitrogens with one attached hydrogen (secondary N) is 1. The van der Waals surface area contributed by atoms with Gasteiger partial charge in [0.15, 0.2) is 12.4 Å². The Morgan fingerprint density at radius 3 is 2.07 bits per heavy atom. The highest BCUT2D eigenvalue weighted by atomic mass is 79.9. The van der Waals surface area contributed by atoms with Gasteiger partial charge in [0.05, 0.1) is 5.56 Å². The van der Waals surface area contributed by atoms with E-state index in [0.29, 0.717) is 24.1 Å². The quantitative estimate of drug-likeness (QED) is 0.311. The van der Waals surface area contributed by atoms with Crippen LogP contribution >= 0.6 is 17.0 Å². The van der Waals surface area contributed by atoms with Crippen LogP contribution in [0, 0.1) is 0 Å². The average molecular weight is 456 g/mol. The SMILES string of the molecule is Br.O=C(C[n+]1ccc(C(=O)NCCCO)cc1)c1ccc(-c2ccccc2)cc1. The summed E-state index contributed by atoms with van der Waals surface area (Å²) in [5.41, 5.74) is 3.36. The lowest BCUT2D eigenvalue weighted by molar-refractivity contribution is -0.683. The summed E-state index contributed by atoms with van der Waals surface area (Å²) in [5, 5.41) is 11.5. The van der Waals surface area contributed by atoms with Crippen molar-refractivity contribution in [1.29, 1.82) is 0 Å². The summed E-state index contributed by atoms with van der Waals surface area (Å²) in [6.45, 7) is 0.683. The maximum atomic E-state index is 12.5. The van der Waals surface area contributed by atoms with E-state index in [2.05, 4.69) is 5.32 Å². The molecule has 1 heterocycles. The standard InChI is InChI=1S/C23H22N2O3.BrH/c26-16-4-13-24-23(28)21-11-14-25(15-12-21)17-22(27)20-9-7-19(8-10-20)18-5-2-1-3-6-18;/h1-3,5-12,14-15,26H,4,13,16-17H2;1H/p+1. The van der Waals surface area contributed by atoms with Gasteiger partial charge in [0, 0.05) is 30.8 Å². The minimum Gasteiger partial charge on any atom is -0.396 e. The van der Waals surface area contributed by atoms with Crippen LogP contribution < -0.4 is 9.88 Å². The van der Waals surface area contributed by atoms with Crippen molar-refractivity contribution in [3.8, 4) is 11.1 Å². The predicted octanol–water partition coefficient (Wildman–Crippen LogP) is 3.21. The highest BCUT2D eigenvalue weighted by Gasteiger charge is 2.13. The van der Waals surface area contributed by atoms with Gasteiger partial charge in [-0.05, 0) is 17.5 Å². The van der Waals surface area contributed by atoms with Gasteiger partial charge in [-0.3, -0.25) is 9.59 Å². The molecule has 150 valence electrons. The summed E-state index contributed by atoms with van der Waals surface area (Å²) in [4.78, 5) is 24.5. The van der Waals surface area contributed by atoms with E-state index < -0.39 is 0 Å². The number of hydrogen-bond donors (Lipinski definition) is 2. The summed E-state index contributed by atoms with van der Waals surface area (Å²) in [6, 6.07) is 21.0. The number of ketones is 1. The molecule has 0 aliphatic rings. The van der Waals surface area contributed by atoms with Crippen molar-refractivity contribution in [2.75, 3.05) is 13.2 Å². The highest BCUT2D eigenvalue weighted by Crippen LogP contribution is 2.19. The number of rotatable bonds is 8. The highest BCUT2D eigenvalue weighted by molar-refractivity contribution is 8.93. The van der Waals surface area contributed by atoms with Gasteiger partial charge in [0.2, 0.25) is 12.3 Å². The molecular formula is C23H24BrN2O3+. The summed E-state index contributed by atoms with van der Waals surface area (Å²) in [7, 11) is 0. The Bertz CT molecular complexity index is 927. The Kier molecular flexibility index (Phi) is 8.70. The Morgan fingerprint density at radius 1 is 0.828 bits per heavy atom. The van der Waals surface area contributed by atoms with Gasteiger partial charge in [-0.1, -0.05) is 54.6 Å². The van der Waals surface area contributed by atoms with Crippen LogP contribution in [0.4, 0.5) is 0 Å². The largest absolute Gasteiger partial charge is 0.396 e. The van der Waals surface area contributed by atoms with Crippen LogP contribution in [-0.4, -0.2) is 29.9 Å². The molecular weight excluding hydrogens is 432 g/mol. The number of amides is 1. The molecule has 0 radical (unpaired) electrons. The molecule has 0 saturated heterocycles. The van der Waals surface area contributed by atoms with E-state index in [1.54, 1.807) is 29.1 Å². The van der Waals surface area contributed by atoms with Gasteiger partial charge < -0.3 is 10.4 Å². The lowest BCUT2D eigenvalue weighted by atomic mass is 10.0. The summed E-state index contributed by atoms with van der Waals surface area (Å²) >= 11 is 0. The van der Waals surface area contributed by atoms with Crippen molar-refractivity contribution in [2.45, 2.75) is 13.0 Å². The maximum Gasteiger partial charge on any atom is 0.251 e. The fraction of sp³-hybridized carbons (Fsp3) is 0.174. The first-order valence-electron chi connectivity index (χ1n) is 9.24. The molecule has 0 unspecified atom stereocenters. The minimum absolute atomic E-state index is 0. The van der Waals surface area contributed by atoms with Crippen molar-refractivity contribution < 1.29 is 19.3 Å². The van der Waals surface area contributed by atoms with Crippen molar-refractivity contribution in [2.24, 2.45) is 0 Å². The number of aliphatic hydroxyl groups excluding tert-OH is 1. The van der Waals surface area contributed by atoms with Crippen LogP contribution in [0.5, 0.6) is 0 Å². The summed E-state index contributed by atoms with van der Waals surface area (Å²) in [6.07, 6.45) is 3.96. The van der Waals surface area contributed by atoms with Gasteiger partial charge in [-0.2, -0.15) is 4.57 Å². The van der Waals surface area contributed by atoms with Crippen molar-refractivity contribution >= 4 is 28.7 Å². The average Bonchev–Trinajstić information content (AvgIpc) is 2.75. The van der Waals surface area contributed by atoms with Crippen LogP contribution in [-0.2, 0) is 6.54 Å². The Hall–Kier alpha value is -2.83. The lowest BCUT2D eigenvalue weighted by Crippen LogP contribution is -2.37. The van der Waals surface area contributed by atoms with E-state index in [-0.39, 0.29) is 41.8 Å². The van der Waals surface area contributed by atoms with Crippen molar-refractivity contribution in [1.82, 2.24) is 5.32 Å². The first-order valence-corrected chi connectivity index (χ1v) is 9.24. The third-order valence-corrected chi connectivity index (χ3v) is 4.41. The number of benzene rings is 2.